The van der Waals surface area contributed by atoms with Gasteiger partial charge in [-0.2, -0.15) is 4.31 Å². The summed E-state index contributed by atoms with van der Waals surface area (Å²) >= 11 is 0. The van der Waals surface area contributed by atoms with E-state index < -0.39 is 10.0 Å². The number of hydrogen-bond acceptors (Lipinski definition) is 4. The van der Waals surface area contributed by atoms with E-state index in [1.54, 1.807) is 28.6 Å². The van der Waals surface area contributed by atoms with E-state index >= 15 is 0 Å². The molecule has 6 nitrogen and oxygen atoms in total. The molecule has 0 saturated carbocycles. The number of nitrogens with one attached hydrogen (secondary N) is 1. The molecule has 1 unspecified atom stereocenters. The number of rotatable bonds is 10. The molecule has 7 heteroatoms. The molecule has 43 heavy (non-hydrogen) atoms. The van der Waals surface area contributed by atoms with Crippen molar-refractivity contribution in [1.82, 2.24) is 9.21 Å². The molecular formula is C36H41N3O3S. The summed E-state index contributed by atoms with van der Waals surface area (Å²) in [6.07, 6.45) is 1.01. The van der Waals surface area contributed by atoms with Gasteiger partial charge in [0.1, 0.15) is 0 Å². The minimum atomic E-state index is -3.66. The Hall–Kier alpha value is -3.78. The molecular weight excluding hydrogens is 554 g/mol. The van der Waals surface area contributed by atoms with E-state index in [2.05, 4.69) is 60.5 Å². The molecule has 0 aromatic heterocycles. The highest BCUT2D eigenvalue weighted by Crippen LogP contribution is 2.31. The number of amides is 1. The van der Waals surface area contributed by atoms with Crippen molar-refractivity contribution in [3.05, 3.63) is 131 Å². The number of piperazine rings is 1. The lowest BCUT2D eigenvalue weighted by Gasteiger charge is -2.39. The highest BCUT2D eigenvalue weighted by molar-refractivity contribution is 7.89. The topological polar surface area (TPSA) is 69.7 Å². The maximum absolute atomic E-state index is 13.5. The molecule has 1 N–H and O–H groups in total. The van der Waals surface area contributed by atoms with Crippen molar-refractivity contribution in [2.75, 3.05) is 31.5 Å². The largest absolute Gasteiger partial charge is 0.326 e. The highest BCUT2D eigenvalue weighted by Gasteiger charge is 2.32. The van der Waals surface area contributed by atoms with Gasteiger partial charge in [0.2, 0.25) is 15.9 Å². The van der Waals surface area contributed by atoms with E-state index in [4.69, 9.17) is 0 Å². The maximum Gasteiger partial charge on any atom is 0.243 e. The SMILES string of the molecule is CC(C)Cc1ccc(C(C)C(=O)Nc2ccc(S(=O)(=O)N3CCN(C(c4ccccc4)c4ccccc4)CC3)cc2)cc1. The van der Waals surface area contributed by atoms with Crippen LogP contribution in [-0.2, 0) is 21.2 Å². The number of nitrogens with zero attached hydrogens (tertiary/aromatic N) is 2. The highest BCUT2D eigenvalue weighted by atomic mass is 32.2. The predicted octanol–water partition coefficient (Wildman–Crippen LogP) is 6.72. The van der Waals surface area contributed by atoms with Gasteiger partial charge in [-0.15, -0.1) is 0 Å². The molecule has 0 spiro atoms. The summed E-state index contributed by atoms with van der Waals surface area (Å²) in [5, 5.41) is 2.94. The summed E-state index contributed by atoms with van der Waals surface area (Å²) < 4.78 is 28.7. The molecule has 0 bridgehead atoms. The predicted molar refractivity (Wildman–Crippen MR) is 174 cm³/mol. The second kappa shape index (κ2) is 13.7. The second-order valence-electron chi connectivity index (χ2n) is 11.7. The van der Waals surface area contributed by atoms with Crippen molar-refractivity contribution in [3.8, 4) is 0 Å². The van der Waals surface area contributed by atoms with Crippen molar-refractivity contribution >= 4 is 21.6 Å². The summed E-state index contributed by atoms with van der Waals surface area (Å²) in [4.78, 5) is 15.5. The zero-order chi connectivity index (χ0) is 30.4. The van der Waals surface area contributed by atoms with E-state index in [1.165, 1.54) is 16.7 Å². The van der Waals surface area contributed by atoms with Crippen molar-refractivity contribution < 1.29 is 13.2 Å². The molecule has 4 aromatic carbocycles. The lowest BCUT2D eigenvalue weighted by Crippen LogP contribution is -2.49. The molecule has 1 aliphatic rings. The van der Waals surface area contributed by atoms with Crippen LogP contribution in [-0.4, -0.2) is 49.7 Å². The number of carbonyl (C=O) groups is 1. The Morgan fingerprint density at radius 3 is 1.74 bits per heavy atom. The molecule has 1 atom stereocenters. The van der Waals surface area contributed by atoms with Gasteiger partial charge in [-0.05, 0) is 65.8 Å². The normalized spacial score (nSPS) is 15.5. The smallest absolute Gasteiger partial charge is 0.243 e. The first kappa shape index (κ1) is 30.7. The Labute approximate surface area is 256 Å². The number of benzene rings is 4. The molecule has 224 valence electrons. The number of hydrogen-bond donors (Lipinski definition) is 1. The molecule has 0 radical (unpaired) electrons. The van der Waals surface area contributed by atoms with Crippen LogP contribution in [0.4, 0.5) is 5.69 Å². The van der Waals surface area contributed by atoms with Gasteiger partial charge < -0.3 is 5.32 Å². The summed E-state index contributed by atoms with van der Waals surface area (Å²) in [6, 6.07) is 35.5. The monoisotopic (exact) mass is 595 g/mol. The van der Waals surface area contributed by atoms with Crippen LogP contribution in [0.15, 0.2) is 114 Å². The lowest BCUT2D eigenvalue weighted by atomic mass is 9.96. The Bertz CT molecular complexity index is 1540. The Morgan fingerprint density at radius 2 is 1.23 bits per heavy atom. The minimum Gasteiger partial charge on any atom is -0.326 e. The first-order valence-corrected chi connectivity index (χ1v) is 16.5. The number of carbonyl (C=O) groups excluding carboxylic acids is 1. The van der Waals surface area contributed by atoms with E-state index in [0.717, 1.165) is 12.0 Å². The summed E-state index contributed by atoms with van der Waals surface area (Å²) in [7, 11) is -3.66. The van der Waals surface area contributed by atoms with Crippen LogP contribution in [0.5, 0.6) is 0 Å². The average molecular weight is 596 g/mol. The van der Waals surface area contributed by atoms with Crippen molar-refractivity contribution in [2.24, 2.45) is 5.92 Å². The van der Waals surface area contributed by atoms with Gasteiger partial charge in [-0.1, -0.05) is 98.8 Å². The Balaban J connectivity index is 1.21. The van der Waals surface area contributed by atoms with Crippen LogP contribution in [0.2, 0.25) is 0 Å². The summed E-state index contributed by atoms with van der Waals surface area (Å²) in [5.41, 5.74) is 5.17. The van der Waals surface area contributed by atoms with Crippen LogP contribution in [0.25, 0.3) is 0 Å². The fourth-order valence-corrected chi connectivity index (χ4v) is 7.18. The third kappa shape index (κ3) is 7.42. The van der Waals surface area contributed by atoms with Gasteiger partial charge >= 0.3 is 0 Å². The Kier molecular flexibility index (Phi) is 9.76. The van der Waals surface area contributed by atoms with Crippen LogP contribution >= 0.6 is 0 Å². The van der Waals surface area contributed by atoms with Crippen LogP contribution < -0.4 is 5.32 Å². The second-order valence-corrected chi connectivity index (χ2v) is 13.7. The minimum absolute atomic E-state index is 0.0653. The zero-order valence-electron chi connectivity index (χ0n) is 25.2. The summed E-state index contributed by atoms with van der Waals surface area (Å²) in [6.45, 7) is 8.32. The molecule has 1 aliphatic heterocycles. The molecule has 4 aromatic rings. The summed E-state index contributed by atoms with van der Waals surface area (Å²) in [5.74, 6) is 0.118. The number of sulfonamides is 1. The molecule has 5 rings (SSSR count). The van der Waals surface area contributed by atoms with Gasteiger partial charge in [-0.25, -0.2) is 8.42 Å². The average Bonchev–Trinajstić information content (AvgIpc) is 3.02. The van der Waals surface area contributed by atoms with E-state index in [0.29, 0.717) is 37.8 Å². The fraction of sp³-hybridized carbons (Fsp3) is 0.306. The quantitative estimate of drug-likeness (QED) is 0.221. The third-order valence-corrected chi connectivity index (χ3v) is 10.1. The van der Waals surface area contributed by atoms with Crippen molar-refractivity contribution in [3.63, 3.8) is 0 Å². The Morgan fingerprint density at radius 1 is 0.698 bits per heavy atom. The first-order valence-electron chi connectivity index (χ1n) is 15.1. The third-order valence-electron chi connectivity index (χ3n) is 8.15. The van der Waals surface area contributed by atoms with Crippen molar-refractivity contribution in [1.29, 1.82) is 0 Å². The molecule has 1 heterocycles. The van der Waals surface area contributed by atoms with Crippen LogP contribution in [0.3, 0.4) is 0 Å². The van der Waals surface area contributed by atoms with E-state index in [9.17, 15) is 13.2 Å². The van der Waals surface area contributed by atoms with Crippen molar-refractivity contribution in [2.45, 2.75) is 44.0 Å². The van der Waals surface area contributed by atoms with Gasteiger partial charge in [0, 0.05) is 31.9 Å². The fourth-order valence-electron chi connectivity index (χ4n) is 5.76. The first-order chi connectivity index (χ1) is 20.7. The zero-order valence-corrected chi connectivity index (χ0v) is 26.0. The van der Waals surface area contributed by atoms with E-state index in [1.807, 2.05) is 55.5 Å². The standard InChI is InChI=1S/C36H41N3O3S/c1-27(2)26-29-14-16-30(17-15-29)28(3)36(40)37-33-18-20-34(21-19-33)43(41,42)39-24-22-38(23-25-39)35(31-10-6-4-7-11-31)32-12-8-5-9-13-32/h4-21,27-28,35H,22-26H2,1-3H3,(H,37,40). The van der Waals surface area contributed by atoms with Gasteiger partial charge in [0.15, 0.2) is 0 Å². The van der Waals surface area contributed by atoms with Gasteiger partial charge in [0.05, 0.1) is 16.9 Å². The lowest BCUT2D eigenvalue weighted by molar-refractivity contribution is -0.117. The molecule has 1 saturated heterocycles. The van der Waals surface area contributed by atoms with Crippen LogP contribution in [0, 0.1) is 5.92 Å². The molecule has 0 aliphatic carbocycles. The molecule has 1 fully saturated rings. The number of anilines is 1. The van der Waals surface area contributed by atoms with Gasteiger partial charge in [0.25, 0.3) is 0 Å². The van der Waals surface area contributed by atoms with E-state index in [-0.39, 0.29) is 22.8 Å². The van der Waals surface area contributed by atoms with Gasteiger partial charge in [-0.3, -0.25) is 9.69 Å². The molecule has 1 amide bonds. The van der Waals surface area contributed by atoms with Crippen LogP contribution in [0.1, 0.15) is 55.0 Å². The maximum atomic E-state index is 13.5.